The second kappa shape index (κ2) is 4.39. The minimum absolute atomic E-state index is 0.550. The van der Waals surface area contributed by atoms with Gasteiger partial charge in [0, 0.05) is 10.9 Å². The fourth-order valence-electron chi connectivity index (χ4n) is 2.80. The third-order valence-corrected chi connectivity index (χ3v) is 4.96. The Kier molecular flexibility index (Phi) is 2.86. The van der Waals surface area contributed by atoms with E-state index in [0.717, 1.165) is 16.4 Å². The van der Waals surface area contributed by atoms with Crippen LogP contribution in [0.25, 0.3) is 11.4 Å². The van der Waals surface area contributed by atoms with Crippen molar-refractivity contribution in [1.82, 2.24) is 14.8 Å². The van der Waals surface area contributed by atoms with Gasteiger partial charge in [0.1, 0.15) is 6.33 Å². The Bertz CT molecular complexity index is 564. The first-order chi connectivity index (χ1) is 8.68. The standard InChI is InChI=1S/C13H18N4S/c1-8-9(2)18-12(14)11(8)13-16-15-7-17(13)10-5-3-4-6-10/h7,10H,3-6,14H2,1-2H3. The number of aromatic nitrogens is 3. The maximum Gasteiger partial charge on any atom is 0.167 e. The maximum atomic E-state index is 6.14. The quantitative estimate of drug-likeness (QED) is 0.903. The summed E-state index contributed by atoms with van der Waals surface area (Å²) in [6, 6.07) is 0.550. The summed E-state index contributed by atoms with van der Waals surface area (Å²) in [7, 11) is 0. The molecule has 96 valence electrons. The molecule has 18 heavy (non-hydrogen) atoms. The number of rotatable bonds is 2. The molecule has 0 aromatic carbocycles. The zero-order chi connectivity index (χ0) is 12.7. The predicted octanol–water partition coefficient (Wildman–Crippen LogP) is 3.32. The van der Waals surface area contributed by atoms with Crippen LogP contribution in [0.4, 0.5) is 5.00 Å². The molecule has 0 atom stereocenters. The molecule has 2 N–H and O–H groups in total. The van der Waals surface area contributed by atoms with Crippen LogP contribution in [-0.2, 0) is 0 Å². The monoisotopic (exact) mass is 262 g/mol. The van der Waals surface area contributed by atoms with E-state index in [4.69, 9.17) is 5.73 Å². The summed E-state index contributed by atoms with van der Waals surface area (Å²) in [6.07, 6.45) is 6.93. The van der Waals surface area contributed by atoms with Gasteiger partial charge in [0.15, 0.2) is 5.82 Å². The number of nitrogens with two attached hydrogens (primary N) is 1. The zero-order valence-electron chi connectivity index (χ0n) is 10.8. The molecule has 1 aliphatic rings. The molecular weight excluding hydrogens is 244 g/mol. The van der Waals surface area contributed by atoms with Gasteiger partial charge in [0.25, 0.3) is 0 Å². The van der Waals surface area contributed by atoms with Crippen LogP contribution in [0.5, 0.6) is 0 Å². The molecule has 1 saturated carbocycles. The molecular formula is C13H18N4S. The summed E-state index contributed by atoms with van der Waals surface area (Å²) in [5, 5.41) is 9.26. The lowest BCUT2D eigenvalue weighted by atomic mass is 10.1. The molecule has 0 saturated heterocycles. The van der Waals surface area contributed by atoms with Crippen molar-refractivity contribution in [3.8, 4) is 11.4 Å². The zero-order valence-corrected chi connectivity index (χ0v) is 11.6. The first-order valence-electron chi connectivity index (χ1n) is 6.44. The van der Waals surface area contributed by atoms with E-state index in [1.54, 1.807) is 11.3 Å². The van der Waals surface area contributed by atoms with Crippen molar-refractivity contribution in [2.24, 2.45) is 0 Å². The molecule has 0 unspecified atom stereocenters. The van der Waals surface area contributed by atoms with E-state index < -0.39 is 0 Å². The smallest absolute Gasteiger partial charge is 0.167 e. The fourth-order valence-corrected chi connectivity index (χ4v) is 3.73. The molecule has 5 heteroatoms. The molecule has 1 aliphatic carbocycles. The second-order valence-corrected chi connectivity index (χ2v) is 6.28. The van der Waals surface area contributed by atoms with Crippen molar-refractivity contribution in [2.75, 3.05) is 5.73 Å². The van der Waals surface area contributed by atoms with E-state index in [1.165, 1.54) is 36.1 Å². The van der Waals surface area contributed by atoms with Crippen molar-refractivity contribution in [2.45, 2.75) is 45.6 Å². The van der Waals surface area contributed by atoms with Crippen LogP contribution in [0.2, 0.25) is 0 Å². The summed E-state index contributed by atoms with van der Waals surface area (Å²) < 4.78 is 2.22. The lowest BCUT2D eigenvalue weighted by Crippen LogP contribution is -2.06. The summed E-state index contributed by atoms with van der Waals surface area (Å²) >= 11 is 1.64. The Morgan fingerprint density at radius 2 is 2.06 bits per heavy atom. The van der Waals surface area contributed by atoms with Gasteiger partial charge in [-0.15, -0.1) is 21.5 Å². The van der Waals surface area contributed by atoms with Crippen molar-refractivity contribution in [1.29, 1.82) is 0 Å². The van der Waals surface area contributed by atoms with Crippen LogP contribution in [-0.4, -0.2) is 14.8 Å². The maximum absolute atomic E-state index is 6.14. The third kappa shape index (κ3) is 1.73. The van der Waals surface area contributed by atoms with Crippen LogP contribution in [0, 0.1) is 13.8 Å². The minimum Gasteiger partial charge on any atom is -0.390 e. The molecule has 1 fully saturated rings. The average molecular weight is 262 g/mol. The Hall–Kier alpha value is -1.36. The van der Waals surface area contributed by atoms with Gasteiger partial charge in [0.2, 0.25) is 0 Å². The molecule has 3 rings (SSSR count). The molecule has 0 spiro atoms. The lowest BCUT2D eigenvalue weighted by Gasteiger charge is -2.13. The van der Waals surface area contributed by atoms with E-state index in [9.17, 15) is 0 Å². The van der Waals surface area contributed by atoms with E-state index in [-0.39, 0.29) is 0 Å². The van der Waals surface area contributed by atoms with E-state index in [1.807, 2.05) is 6.33 Å². The summed E-state index contributed by atoms with van der Waals surface area (Å²) in [6.45, 7) is 4.22. The van der Waals surface area contributed by atoms with Crippen LogP contribution in [0.1, 0.15) is 42.2 Å². The number of hydrogen-bond donors (Lipinski definition) is 1. The minimum atomic E-state index is 0.550. The van der Waals surface area contributed by atoms with Crippen LogP contribution < -0.4 is 5.73 Å². The Labute approximate surface area is 111 Å². The van der Waals surface area contributed by atoms with Gasteiger partial charge < -0.3 is 10.3 Å². The van der Waals surface area contributed by atoms with E-state index in [0.29, 0.717) is 6.04 Å². The number of nitrogen functional groups attached to an aromatic ring is 1. The Morgan fingerprint density at radius 1 is 1.33 bits per heavy atom. The largest absolute Gasteiger partial charge is 0.390 e. The van der Waals surface area contributed by atoms with Gasteiger partial charge in [-0.05, 0) is 32.3 Å². The molecule has 2 aromatic rings. The average Bonchev–Trinajstić information content (AvgIpc) is 3.01. The van der Waals surface area contributed by atoms with E-state index >= 15 is 0 Å². The molecule has 2 aromatic heterocycles. The molecule has 0 radical (unpaired) electrons. The molecule has 0 aliphatic heterocycles. The summed E-state index contributed by atoms with van der Waals surface area (Å²) in [5.41, 5.74) is 8.46. The topological polar surface area (TPSA) is 56.7 Å². The number of aryl methyl sites for hydroxylation is 1. The van der Waals surface area contributed by atoms with Gasteiger partial charge in [-0.3, -0.25) is 0 Å². The highest BCUT2D eigenvalue weighted by molar-refractivity contribution is 7.16. The van der Waals surface area contributed by atoms with E-state index in [2.05, 4.69) is 28.6 Å². The fraction of sp³-hybridized carbons (Fsp3) is 0.538. The van der Waals surface area contributed by atoms with Gasteiger partial charge in [-0.1, -0.05) is 12.8 Å². The number of hydrogen-bond acceptors (Lipinski definition) is 4. The Morgan fingerprint density at radius 3 is 2.67 bits per heavy atom. The molecule has 0 bridgehead atoms. The van der Waals surface area contributed by atoms with Crippen molar-refractivity contribution in [3.05, 3.63) is 16.8 Å². The summed E-state index contributed by atoms with van der Waals surface area (Å²) in [5.74, 6) is 0.946. The van der Waals surface area contributed by atoms with Crippen molar-refractivity contribution < 1.29 is 0 Å². The number of thiophene rings is 1. The highest BCUT2D eigenvalue weighted by atomic mass is 32.1. The van der Waals surface area contributed by atoms with Gasteiger partial charge >= 0.3 is 0 Å². The molecule has 4 nitrogen and oxygen atoms in total. The normalized spacial score (nSPS) is 16.6. The van der Waals surface area contributed by atoms with Crippen LogP contribution >= 0.6 is 11.3 Å². The summed E-state index contributed by atoms with van der Waals surface area (Å²) in [4.78, 5) is 1.27. The molecule has 2 heterocycles. The highest BCUT2D eigenvalue weighted by Gasteiger charge is 2.23. The second-order valence-electron chi connectivity index (χ2n) is 5.02. The van der Waals surface area contributed by atoms with Crippen LogP contribution in [0.15, 0.2) is 6.33 Å². The van der Waals surface area contributed by atoms with Gasteiger partial charge in [-0.2, -0.15) is 0 Å². The number of nitrogens with zero attached hydrogens (tertiary/aromatic N) is 3. The SMILES string of the molecule is Cc1sc(N)c(-c2nncn2C2CCCC2)c1C. The Balaban J connectivity index is 2.09. The lowest BCUT2D eigenvalue weighted by molar-refractivity contribution is 0.522. The van der Waals surface area contributed by atoms with Gasteiger partial charge in [-0.25, -0.2) is 0 Å². The van der Waals surface area contributed by atoms with Crippen molar-refractivity contribution >= 4 is 16.3 Å². The number of anilines is 1. The first kappa shape index (κ1) is 11.7. The van der Waals surface area contributed by atoms with Gasteiger partial charge in [0.05, 0.1) is 10.6 Å². The third-order valence-electron chi connectivity index (χ3n) is 3.93. The van der Waals surface area contributed by atoms with Crippen LogP contribution in [0.3, 0.4) is 0 Å². The molecule has 0 amide bonds. The highest BCUT2D eigenvalue weighted by Crippen LogP contribution is 2.39. The first-order valence-corrected chi connectivity index (χ1v) is 7.25. The van der Waals surface area contributed by atoms with Crippen molar-refractivity contribution in [3.63, 3.8) is 0 Å². The predicted molar refractivity (Wildman–Crippen MR) is 74.7 cm³/mol.